The number of nitrogens with zero attached hydrogens (tertiary/aromatic N) is 2. The number of aromatic nitrogens is 1. The molecule has 0 saturated carbocycles. The SMILES string of the molecule is COc1cccc(CN2CCC(NCc3cc(Cl)c4cccnc4c3O)CC2)c1. The second kappa shape index (κ2) is 8.99. The van der Waals surface area contributed by atoms with Crippen LogP contribution in [-0.4, -0.2) is 41.2 Å². The molecule has 1 aliphatic heterocycles. The fourth-order valence-electron chi connectivity index (χ4n) is 3.95. The standard InChI is InChI=1S/C23H26ClN3O2/c1-29-19-5-2-4-16(12-19)15-27-10-7-18(8-11-27)26-14-17-13-21(24)20-6-3-9-25-22(20)23(17)28/h2-6,9,12-13,18,26,28H,7-8,10-11,14-15H2,1H3. The zero-order valence-corrected chi connectivity index (χ0v) is 17.3. The normalized spacial score (nSPS) is 15.7. The Bertz CT molecular complexity index is 987. The van der Waals surface area contributed by atoms with Crippen molar-refractivity contribution in [3.8, 4) is 11.5 Å². The van der Waals surface area contributed by atoms with Crippen LogP contribution >= 0.6 is 11.6 Å². The first kappa shape index (κ1) is 20.0. The van der Waals surface area contributed by atoms with Crippen LogP contribution in [0.25, 0.3) is 10.9 Å². The third kappa shape index (κ3) is 4.64. The van der Waals surface area contributed by atoms with Crippen LogP contribution in [0.5, 0.6) is 11.5 Å². The van der Waals surface area contributed by atoms with Crippen molar-refractivity contribution in [3.63, 3.8) is 0 Å². The molecule has 0 spiro atoms. The van der Waals surface area contributed by atoms with Crippen molar-refractivity contribution < 1.29 is 9.84 Å². The third-order valence-electron chi connectivity index (χ3n) is 5.60. The number of likely N-dealkylation sites (tertiary alicyclic amines) is 1. The number of halogens is 1. The molecule has 0 amide bonds. The summed E-state index contributed by atoms with van der Waals surface area (Å²) in [6, 6.07) is 14.2. The van der Waals surface area contributed by atoms with Gasteiger partial charge in [0, 0.05) is 36.3 Å². The Morgan fingerprint density at radius 1 is 1.21 bits per heavy atom. The van der Waals surface area contributed by atoms with Crippen molar-refractivity contribution in [2.75, 3.05) is 20.2 Å². The number of ether oxygens (including phenoxy) is 1. The van der Waals surface area contributed by atoms with Crippen LogP contribution in [0.3, 0.4) is 0 Å². The summed E-state index contributed by atoms with van der Waals surface area (Å²) < 4.78 is 5.32. The van der Waals surface area contributed by atoms with E-state index < -0.39 is 0 Å². The number of rotatable bonds is 6. The summed E-state index contributed by atoms with van der Waals surface area (Å²) in [5.74, 6) is 1.12. The summed E-state index contributed by atoms with van der Waals surface area (Å²) in [7, 11) is 1.70. The van der Waals surface area contributed by atoms with E-state index in [0.717, 1.165) is 49.2 Å². The lowest BCUT2D eigenvalue weighted by Gasteiger charge is -2.32. The maximum absolute atomic E-state index is 10.6. The monoisotopic (exact) mass is 411 g/mol. The number of aromatic hydroxyl groups is 1. The van der Waals surface area contributed by atoms with E-state index in [9.17, 15) is 5.11 Å². The predicted molar refractivity (Wildman–Crippen MR) is 117 cm³/mol. The Morgan fingerprint density at radius 3 is 2.83 bits per heavy atom. The maximum Gasteiger partial charge on any atom is 0.146 e. The Morgan fingerprint density at radius 2 is 2.03 bits per heavy atom. The van der Waals surface area contributed by atoms with E-state index in [2.05, 4.69) is 27.3 Å². The molecule has 2 aromatic carbocycles. The minimum Gasteiger partial charge on any atom is -0.505 e. The highest BCUT2D eigenvalue weighted by Gasteiger charge is 2.20. The fraction of sp³-hybridized carbons (Fsp3) is 0.348. The van der Waals surface area contributed by atoms with Gasteiger partial charge < -0.3 is 15.2 Å². The Labute approximate surface area is 176 Å². The third-order valence-corrected chi connectivity index (χ3v) is 5.92. The molecule has 0 radical (unpaired) electrons. The lowest BCUT2D eigenvalue weighted by atomic mass is 10.0. The molecule has 1 aliphatic rings. The molecule has 29 heavy (non-hydrogen) atoms. The molecular weight excluding hydrogens is 386 g/mol. The molecule has 0 atom stereocenters. The largest absolute Gasteiger partial charge is 0.505 e. The van der Waals surface area contributed by atoms with Crippen LogP contribution in [0.1, 0.15) is 24.0 Å². The van der Waals surface area contributed by atoms with E-state index in [0.29, 0.717) is 23.1 Å². The molecule has 152 valence electrons. The number of pyridine rings is 1. The zero-order valence-electron chi connectivity index (χ0n) is 16.6. The van der Waals surface area contributed by atoms with Gasteiger partial charge in [-0.25, -0.2) is 0 Å². The Hall–Kier alpha value is -2.34. The van der Waals surface area contributed by atoms with Crippen molar-refractivity contribution in [2.45, 2.75) is 32.0 Å². The Kier molecular flexibility index (Phi) is 6.19. The summed E-state index contributed by atoms with van der Waals surface area (Å²) in [5.41, 5.74) is 2.63. The number of methoxy groups -OCH3 is 1. The summed E-state index contributed by atoms with van der Waals surface area (Å²) in [6.45, 7) is 3.61. The molecular formula is C23H26ClN3O2. The predicted octanol–water partition coefficient (Wildman–Crippen LogP) is 4.36. The van der Waals surface area contributed by atoms with Gasteiger partial charge in [-0.1, -0.05) is 23.7 Å². The maximum atomic E-state index is 10.6. The lowest BCUT2D eigenvalue weighted by Crippen LogP contribution is -2.41. The number of phenols is 1. The zero-order chi connectivity index (χ0) is 20.2. The smallest absolute Gasteiger partial charge is 0.146 e. The number of piperidine rings is 1. The van der Waals surface area contributed by atoms with Crippen LogP contribution in [-0.2, 0) is 13.1 Å². The highest BCUT2D eigenvalue weighted by molar-refractivity contribution is 6.35. The number of phenolic OH excluding ortho intramolecular Hbond substituents is 1. The van der Waals surface area contributed by atoms with Gasteiger partial charge in [-0.05, 0) is 61.8 Å². The number of fused-ring (bicyclic) bond motifs is 1. The van der Waals surface area contributed by atoms with Gasteiger partial charge in [0.25, 0.3) is 0 Å². The number of hydrogen-bond donors (Lipinski definition) is 2. The van der Waals surface area contributed by atoms with E-state index >= 15 is 0 Å². The fourth-order valence-corrected chi connectivity index (χ4v) is 4.24. The first-order valence-electron chi connectivity index (χ1n) is 9.98. The molecule has 1 fully saturated rings. The van der Waals surface area contributed by atoms with Crippen LogP contribution in [0.2, 0.25) is 5.02 Å². The second-order valence-electron chi connectivity index (χ2n) is 7.55. The van der Waals surface area contributed by atoms with Gasteiger partial charge in [0.15, 0.2) is 0 Å². The quantitative estimate of drug-likeness (QED) is 0.631. The second-order valence-corrected chi connectivity index (χ2v) is 7.96. The Balaban J connectivity index is 1.32. The molecule has 1 saturated heterocycles. The van der Waals surface area contributed by atoms with E-state index in [1.165, 1.54) is 5.56 Å². The van der Waals surface area contributed by atoms with E-state index in [1.54, 1.807) is 13.3 Å². The summed E-state index contributed by atoms with van der Waals surface area (Å²) in [6.07, 6.45) is 3.82. The molecule has 3 aromatic rings. The van der Waals surface area contributed by atoms with E-state index in [1.807, 2.05) is 30.3 Å². The van der Waals surface area contributed by atoms with Gasteiger partial charge >= 0.3 is 0 Å². The van der Waals surface area contributed by atoms with E-state index in [4.69, 9.17) is 16.3 Å². The van der Waals surface area contributed by atoms with Crippen molar-refractivity contribution in [3.05, 3.63) is 64.8 Å². The van der Waals surface area contributed by atoms with Gasteiger partial charge in [0.05, 0.1) is 12.1 Å². The molecule has 0 bridgehead atoms. The van der Waals surface area contributed by atoms with Crippen LogP contribution < -0.4 is 10.1 Å². The van der Waals surface area contributed by atoms with Crippen molar-refractivity contribution >= 4 is 22.5 Å². The summed E-state index contributed by atoms with van der Waals surface area (Å²) in [4.78, 5) is 6.75. The van der Waals surface area contributed by atoms with Crippen molar-refractivity contribution in [1.82, 2.24) is 15.2 Å². The van der Waals surface area contributed by atoms with E-state index in [-0.39, 0.29) is 5.75 Å². The van der Waals surface area contributed by atoms with Gasteiger partial charge in [0.2, 0.25) is 0 Å². The van der Waals surface area contributed by atoms with Crippen molar-refractivity contribution in [1.29, 1.82) is 0 Å². The van der Waals surface area contributed by atoms with Crippen LogP contribution in [0, 0.1) is 0 Å². The average molecular weight is 412 g/mol. The topological polar surface area (TPSA) is 57.6 Å². The van der Waals surface area contributed by atoms with Gasteiger partial charge in [-0.15, -0.1) is 0 Å². The summed E-state index contributed by atoms with van der Waals surface area (Å²) in [5, 5.41) is 15.6. The highest BCUT2D eigenvalue weighted by Crippen LogP contribution is 2.33. The highest BCUT2D eigenvalue weighted by atomic mass is 35.5. The van der Waals surface area contributed by atoms with Gasteiger partial charge in [0.1, 0.15) is 17.0 Å². The summed E-state index contributed by atoms with van der Waals surface area (Å²) >= 11 is 6.38. The molecule has 4 rings (SSSR count). The molecule has 2 N–H and O–H groups in total. The van der Waals surface area contributed by atoms with Crippen LogP contribution in [0.15, 0.2) is 48.7 Å². The number of nitrogens with one attached hydrogen (secondary N) is 1. The molecule has 0 unspecified atom stereocenters. The molecule has 6 heteroatoms. The van der Waals surface area contributed by atoms with Gasteiger partial charge in [-0.2, -0.15) is 0 Å². The van der Waals surface area contributed by atoms with Crippen molar-refractivity contribution in [2.24, 2.45) is 0 Å². The first-order chi connectivity index (χ1) is 14.1. The van der Waals surface area contributed by atoms with Gasteiger partial charge in [-0.3, -0.25) is 9.88 Å². The first-order valence-corrected chi connectivity index (χ1v) is 10.4. The minimum atomic E-state index is 0.216. The minimum absolute atomic E-state index is 0.216. The molecule has 5 nitrogen and oxygen atoms in total. The molecule has 2 heterocycles. The van der Waals surface area contributed by atoms with Crippen LogP contribution in [0.4, 0.5) is 0 Å². The average Bonchev–Trinajstić information content (AvgIpc) is 2.76. The number of hydrogen-bond acceptors (Lipinski definition) is 5. The molecule has 1 aromatic heterocycles. The lowest BCUT2D eigenvalue weighted by molar-refractivity contribution is 0.190. The number of benzene rings is 2. The molecule has 0 aliphatic carbocycles.